The SMILES string of the molecule is O=C1c2ccccc2C(=O)N1c1ccc2nc(-c3ccc(Cl)cc3)[nH]c2c1. The fourth-order valence-electron chi connectivity index (χ4n) is 3.30. The molecular weight excluding hydrogens is 362 g/mol. The van der Waals surface area contributed by atoms with Crippen molar-refractivity contribution in [1.29, 1.82) is 0 Å². The Morgan fingerprint density at radius 1 is 0.852 bits per heavy atom. The number of hydrogen-bond acceptors (Lipinski definition) is 3. The Morgan fingerprint density at radius 3 is 2.19 bits per heavy atom. The second-order valence-corrected chi connectivity index (χ2v) is 6.72. The molecule has 0 atom stereocenters. The predicted molar refractivity (Wildman–Crippen MR) is 104 cm³/mol. The summed E-state index contributed by atoms with van der Waals surface area (Å²) in [5.74, 6) is 0.0703. The second-order valence-electron chi connectivity index (χ2n) is 6.29. The second kappa shape index (κ2) is 5.79. The van der Waals surface area contributed by atoms with Gasteiger partial charge >= 0.3 is 0 Å². The van der Waals surface area contributed by atoms with E-state index in [9.17, 15) is 9.59 Å². The van der Waals surface area contributed by atoms with Gasteiger partial charge in [0.05, 0.1) is 27.8 Å². The molecule has 0 unspecified atom stereocenters. The van der Waals surface area contributed by atoms with E-state index in [1.165, 1.54) is 4.90 Å². The lowest BCUT2D eigenvalue weighted by atomic mass is 10.1. The van der Waals surface area contributed by atoms with E-state index in [4.69, 9.17) is 11.6 Å². The van der Waals surface area contributed by atoms with E-state index >= 15 is 0 Å². The number of aromatic nitrogens is 2. The number of fused-ring (bicyclic) bond motifs is 2. The summed E-state index contributed by atoms with van der Waals surface area (Å²) < 4.78 is 0. The van der Waals surface area contributed by atoms with Gasteiger partial charge in [-0.15, -0.1) is 0 Å². The molecule has 0 fully saturated rings. The third kappa shape index (κ3) is 2.44. The average Bonchev–Trinajstić information content (AvgIpc) is 3.22. The van der Waals surface area contributed by atoms with Crippen molar-refractivity contribution in [3.63, 3.8) is 0 Å². The van der Waals surface area contributed by atoms with Gasteiger partial charge in [0, 0.05) is 10.6 Å². The minimum absolute atomic E-state index is 0.313. The summed E-state index contributed by atoms with van der Waals surface area (Å²) in [6.07, 6.45) is 0. The molecule has 1 aliphatic heterocycles. The van der Waals surface area contributed by atoms with Crippen LogP contribution in [0.2, 0.25) is 5.02 Å². The Kier molecular flexibility index (Phi) is 3.39. The fraction of sp³-hybridized carbons (Fsp3) is 0. The quantitative estimate of drug-likeness (QED) is 0.518. The third-order valence-corrected chi connectivity index (χ3v) is 4.89. The monoisotopic (exact) mass is 373 g/mol. The molecular formula is C21H12ClN3O2. The maximum absolute atomic E-state index is 12.7. The summed E-state index contributed by atoms with van der Waals surface area (Å²) in [6, 6.07) is 19.5. The molecule has 1 N–H and O–H groups in total. The molecule has 0 saturated carbocycles. The molecule has 6 heteroatoms. The molecule has 5 rings (SSSR count). The number of hydrogen-bond donors (Lipinski definition) is 1. The van der Waals surface area contributed by atoms with E-state index < -0.39 is 0 Å². The molecule has 2 heterocycles. The Labute approximate surface area is 159 Å². The third-order valence-electron chi connectivity index (χ3n) is 4.64. The topological polar surface area (TPSA) is 66.1 Å². The van der Waals surface area contributed by atoms with E-state index in [-0.39, 0.29) is 11.8 Å². The van der Waals surface area contributed by atoms with Crippen molar-refractivity contribution >= 4 is 40.1 Å². The number of imide groups is 1. The molecule has 0 bridgehead atoms. The number of halogens is 1. The van der Waals surface area contributed by atoms with Crippen LogP contribution in [0.5, 0.6) is 0 Å². The van der Waals surface area contributed by atoms with E-state index in [0.29, 0.717) is 27.7 Å². The Bertz CT molecular complexity index is 1190. The summed E-state index contributed by atoms with van der Waals surface area (Å²) in [4.78, 5) is 34.4. The fourth-order valence-corrected chi connectivity index (χ4v) is 3.43. The first-order valence-corrected chi connectivity index (χ1v) is 8.73. The van der Waals surface area contributed by atoms with E-state index in [1.807, 2.05) is 12.1 Å². The van der Waals surface area contributed by atoms with E-state index in [2.05, 4.69) is 9.97 Å². The van der Waals surface area contributed by atoms with Crippen LogP contribution in [0.25, 0.3) is 22.4 Å². The lowest BCUT2D eigenvalue weighted by Gasteiger charge is -2.13. The molecule has 3 aromatic carbocycles. The van der Waals surface area contributed by atoms with Gasteiger partial charge in [0.1, 0.15) is 5.82 Å². The van der Waals surface area contributed by atoms with Crippen LogP contribution in [0.1, 0.15) is 20.7 Å². The van der Waals surface area contributed by atoms with Gasteiger partial charge < -0.3 is 4.98 Å². The summed E-state index contributed by atoms with van der Waals surface area (Å²) in [5, 5.41) is 0.655. The van der Waals surface area contributed by atoms with Crippen molar-refractivity contribution in [3.8, 4) is 11.4 Å². The number of imidazole rings is 1. The van der Waals surface area contributed by atoms with Gasteiger partial charge in [0.2, 0.25) is 0 Å². The van der Waals surface area contributed by atoms with Gasteiger partial charge in [0.25, 0.3) is 11.8 Å². The van der Waals surface area contributed by atoms with E-state index in [0.717, 1.165) is 16.6 Å². The lowest BCUT2D eigenvalue weighted by molar-refractivity contribution is 0.0926. The molecule has 130 valence electrons. The summed E-state index contributed by atoms with van der Waals surface area (Å²) in [5.41, 5.74) is 3.76. The summed E-state index contributed by atoms with van der Waals surface area (Å²) >= 11 is 5.94. The molecule has 0 aliphatic carbocycles. The molecule has 1 aromatic heterocycles. The number of carbonyl (C=O) groups excluding carboxylic acids is 2. The van der Waals surface area contributed by atoms with Crippen molar-refractivity contribution in [2.24, 2.45) is 0 Å². The lowest BCUT2D eigenvalue weighted by Crippen LogP contribution is -2.29. The van der Waals surface area contributed by atoms with Crippen molar-refractivity contribution in [3.05, 3.63) is 82.9 Å². The van der Waals surface area contributed by atoms with Crippen molar-refractivity contribution in [1.82, 2.24) is 9.97 Å². The van der Waals surface area contributed by atoms with Crippen molar-refractivity contribution in [2.45, 2.75) is 0 Å². The number of H-pyrrole nitrogens is 1. The Hall–Kier alpha value is -3.44. The Morgan fingerprint density at radius 2 is 1.52 bits per heavy atom. The largest absolute Gasteiger partial charge is 0.338 e. The smallest absolute Gasteiger partial charge is 0.266 e. The molecule has 2 amide bonds. The van der Waals surface area contributed by atoms with Crippen LogP contribution in [0.4, 0.5) is 5.69 Å². The van der Waals surface area contributed by atoms with E-state index in [1.54, 1.807) is 54.6 Å². The molecule has 1 aliphatic rings. The van der Waals surface area contributed by atoms with Gasteiger partial charge in [-0.25, -0.2) is 9.88 Å². The number of benzene rings is 3. The summed E-state index contributed by atoms with van der Waals surface area (Å²) in [6.45, 7) is 0. The summed E-state index contributed by atoms with van der Waals surface area (Å²) in [7, 11) is 0. The zero-order chi connectivity index (χ0) is 18.5. The molecule has 27 heavy (non-hydrogen) atoms. The zero-order valence-corrected chi connectivity index (χ0v) is 14.7. The van der Waals surface area contributed by atoms with Crippen LogP contribution >= 0.6 is 11.6 Å². The normalized spacial score (nSPS) is 13.4. The number of aromatic amines is 1. The first-order chi connectivity index (χ1) is 13.1. The van der Waals surface area contributed by atoms with Gasteiger partial charge in [-0.2, -0.15) is 0 Å². The van der Waals surface area contributed by atoms with Crippen LogP contribution < -0.4 is 4.90 Å². The van der Waals surface area contributed by atoms with Crippen LogP contribution in [0.3, 0.4) is 0 Å². The van der Waals surface area contributed by atoms with Gasteiger partial charge in [-0.3, -0.25) is 9.59 Å². The maximum Gasteiger partial charge on any atom is 0.266 e. The van der Waals surface area contributed by atoms with Gasteiger partial charge in [0.15, 0.2) is 0 Å². The van der Waals surface area contributed by atoms with Crippen molar-refractivity contribution < 1.29 is 9.59 Å². The molecule has 0 spiro atoms. The van der Waals surface area contributed by atoms with Crippen LogP contribution in [-0.4, -0.2) is 21.8 Å². The van der Waals surface area contributed by atoms with Crippen LogP contribution in [0, 0.1) is 0 Å². The van der Waals surface area contributed by atoms with Crippen molar-refractivity contribution in [2.75, 3.05) is 4.90 Å². The highest BCUT2D eigenvalue weighted by atomic mass is 35.5. The van der Waals surface area contributed by atoms with Crippen LogP contribution in [0.15, 0.2) is 66.7 Å². The maximum atomic E-state index is 12.7. The average molecular weight is 374 g/mol. The number of amides is 2. The predicted octanol–water partition coefficient (Wildman–Crippen LogP) is 4.68. The molecule has 5 nitrogen and oxygen atoms in total. The zero-order valence-electron chi connectivity index (χ0n) is 13.9. The number of carbonyl (C=O) groups is 2. The minimum Gasteiger partial charge on any atom is -0.338 e. The molecule has 4 aromatic rings. The standard InChI is InChI=1S/C21H12ClN3O2/c22-13-7-5-12(6-8-13)19-23-17-10-9-14(11-18(17)24-19)25-20(26)15-3-1-2-4-16(15)21(25)27/h1-11H,(H,23,24). The van der Waals surface area contributed by atoms with Gasteiger partial charge in [-0.1, -0.05) is 23.7 Å². The van der Waals surface area contributed by atoms with Gasteiger partial charge in [-0.05, 0) is 54.6 Å². The molecule has 0 saturated heterocycles. The first-order valence-electron chi connectivity index (χ1n) is 8.35. The molecule has 0 radical (unpaired) electrons. The Balaban J connectivity index is 1.57. The highest BCUT2D eigenvalue weighted by Crippen LogP contribution is 2.31. The number of nitrogens with zero attached hydrogens (tertiary/aromatic N) is 2. The number of rotatable bonds is 2. The minimum atomic E-state index is -0.313. The van der Waals surface area contributed by atoms with Crippen LogP contribution in [-0.2, 0) is 0 Å². The first kappa shape index (κ1) is 15.8. The highest BCUT2D eigenvalue weighted by molar-refractivity contribution is 6.34. The highest BCUT2D eigenvalue weighted by Gasteiger charge is 2.36. The number of nitrogens with one attached hydrogen (secondary N) is 1. The number of anilines is 1.